The number of hydrogen-bond acceptors (Lipinski definition) is 2. The van der Waals surface area contributed by atoms with Gasteiger partial charge in [0.2, 0.25) is 0 Å². The van der Waals surface area contributed by atoms with Gasteiger partial charge in [0.1, 0.15) is 0 Å². The second kappa shape index (κ2) is 6.99. The molecular formula is C9H21NS. The van der Waals surface area contributed by atoms with Crippen molar-refractivity contribution in [3.63, 3.8) is 0 Å². The van der Waals surface area contributed by atoms with Crippen molar-refractivity contribution in [1.29, 1.82) is 0 Å². The van der Waals surface area contributed by atoms with E-state index in [2.05, 4.69) is 30.5 Å². The van der Waals surface area contributed by atoms with Crippen LogP contribution < -0.4 is 0 Å². The lowest BCUT2D eigenvalue weighted by atomic mass is 10.3. The molecule has 0 unspecified atom stereocenters. The lowest BCUT2D eigenvalue weighted by molar-refractivity contribution is 0.245. The summed E-state index contributed by atoms with van der Waals surface area (Å²) < 4.78 is 0. The maximum absolute atomic E-state index is 2.54. The van der Waals surface area contributed by atoms with Gasteiger partial charge in [0.05, 0.1) is 0 Å². The third-order valence-electron chi connectivity index (χ3n) is 1.78. The molecule has 1 saturated heterocycles. The zero-order chi connectivity index (χ0) is 8.69. The molecule has 1 fully saturated rings. The van der Waals surface area contributed by atoms with Crippen molar-refractivity contribution in [2.75, 3.05) is 24.6 Å². The number of hydrogen-bond donors (Lipinski definition) is 0. The van der Waals surface area contributed by atoms with Crippen molar-refractivity contribution in [1.82, 2.24) is 4.90 Å². The summed E-state index contributed by atoms with van der Waals surface area (Å²) in [5.41, 5.74) is 0. The fourth-order valence-electron chi connectivity index (χ4n) is 1.09. The van der Waals surface area contributed by atoms with Crippen molar-refractivity contribution < 1.29 is 0 Å². The second-order valence-corrected chi connectivity index (χ2v) is 3.97. The fourth-order valence-corrected chi connectivity index (χ4v) is 2.03. The largest absolute Gasteiger partial charge is 0.299 e. The van der Waals surface area contributed by atoms with E-state index in [-0.39, 0.29) is 0 Å². The first-order valence-corrected chi connectivity index (χ1v) is 5.78. The van der Waals surface area contributed by atoms with Gasteiger partial charge in [-0.1, -0.05) is 13.8 Å². The molecule has 1 aliphatic rings. The highest BCUT2D eigenvalue weighted by Crippen LogP contribution is 2.10. The quantitative estimate of drug-likeness (QED) is 0.602. The molecule has 0 radical (unpaired) electrons. The fraction of sp³-hybridized carbons (Fsp3) is 1.00. The molecule has 1 aliphatic heterocycles. The summed E-state index contributed by atoms with van der Waals surface area (Å²) in [4.78, 5) is 2.54. The number of rotatable bonds is 1. The third-order valence-corrected chi connectivity index (χ3v) is 2.72. The van der Waals surface area contributed by atoms with Crippen molar-refractivity contribution in [3.8, 4) is 0 Å². The normalized spacial score (nSPS) is 19.4. The van der Waals surface area contributed by atoms with Crippen LogP contribution in [0.1, 0.15) is 27.7 Å². The molecule has 0 aromatic carbocycles. The first-order chi connectivity index (χ1) is 5.30. The van der Waals surface area contributed by atoms with Crippen LogP contribution in [0.5, 0.6) is 0 Å². The summed E-state index contributed by atoms with van der Waals surface area (Å²) in [6.07, 6.45) is 0. The van der Waals surface area contributed by atoms with Crippen LogP contribution in [0.4, 0.5) is 0 Å². The molecule has 0 aromatic heterocycles. The monoisotopic (exact) mass is 175 g/mol. The number of thioether (sulfide) groups is 1. The zero-order valence-corrected chi connectivity index (χ0v) is 9.08. The summed E-state index contributed by atoms with van der Waals surface area (Å²) in [7, 11) is 0. The van der Waals surface area contributed by atoms with Gasteiger partial charge in [-0.25, -0.2) is 0 Å². The van der Waals surface area contributed by atoms with E-state index in [1.165, 1.54) is 24.6 Å². The molecule has 11 heavy (non-hydrogen) atoms. The van der Waals surface area contributed by atoms with Gasteiger partial charge in [-0.2, -0.15) is 11.8 Å². The predicted octanol–water partition coefficient (Wildman–Crippen LogP) is 2.47. The van der Waals surface area contributed by atoms with Crippen molar-refractivity contribution >= 4 is 11.8 Å². The molecule has 0 atom stereocenters. The van der Waals surface area contributed by atoms with E-state index in [4.69, 9.17) is 0 Å². The predicted molar refractivity (Wildman–Crippen MR) is 55.4 cm³/mol. The van der Waals surface area contributed by atoms with Crippen LogP contribution in [-0.4, -0.2) is 35.5 Å². The van der Waals surface area contributed by atoms with E-state index in [0.29, 0.717) is 0 Å². The molecule has 68 valence electrons. The molecule has 0 amide bonds. The Bertz CT molecular complexity index is 77.6. The highest BCUT2D eigenvalue weighted by atomic mass is 32.2. The molecule has 0 spiro atoms. The van der Waals surface area contributed by atoms with Crippen molar-refractivity contribution in [2.24, 2.45) is 0 Å². The van der Waals surface area contributed by atoms with E-state index in [9.17, 15) is 0 Å². The molecule has 1 heterocycles. The SMILES string of the molecule is CC.CC(C)N1CCSCC1. The Morgan fingerprint density at radius 1 is 1.09 bits per heavy atom. The van der Waals surface area contributed by atoms with Gasteiger partial charge in [-0.05, 0) is 13.8 Å². The molecule has 0 aliphatic carbocycles. The summed E-state index contributed by atoms with van der Waals surface area (Å²) in [6, 6.07) is 0.755. The average molecular weight is 175 g/mol. The van der Waals surface area contributed by atoms with Crippen LogP contribution in [0.3, 0.4) is 0 Å². The van der Waals surface area contributed by atoms with Gasteiger partial charge in [-0.3, -0.25) is 4.90 Å². The molecular weight excluding hydrogens is 154 g/mol. The number of nitrogens with zero attached hydrogens (tertiary/aromatic N) is 1. The maximum Gasteiger partial charge on any atom is 0.00754 e. The van der Waals surface area contributed by atoms with Gasteiger partial charge in [0.15, 0.2) is 0 Å². The topological polar surface area (TPSA) is 3.24 Å². The average Bonchev–Trinajstić information content (AvgIpc) is 2.10. The molecule has 0 bridgehead atoms. The Balaban J connectivity index is 0.000000461. The Kier molecular flexibility index (Phi) is 7.18. The minimum Gasteiger partial charge on any atom is -0.299 e. The second-order valence-electron chi connectivity index (χ2n) is 2.74. The Labute approximate surface area is 75.5 Å². The summed E-state index contributed by atoms with van der Waals surface area (Å²) in [5, 5.41) is 0. The summed E-state index contributed by atoms with van der Waals surface area (Å²) in [6.45, 7) is 11.1. The van der Waals surface area contributed by atoms with Crippen molar-refractivity contribution in [2.45, 2.75) is 33.7 Å². The van der Waals surface area contributed by atoms with E-state index >= 15 is 0 Å². The smallest absolute Gasteiger partial charge is 0.00754 e. The summed E-state index contributed by atoms with van der Waals surface area (Å²) in [5.74, 6) is 2.66. The maximum atomic E-state index is 2.54. The highest BCUT2D eigenvalue weighted by molar-refractivity contribution is 7.99. The molecule has 1 nitrogen and oxygen atoms in total. The first-order valence-electron chi connectivity index (χ1n) is 4.62. The highest BCUT2D eigenvalue weighted by Gasteiger charge is 2.11. The lowest BCUT2D eigenvalue weighted by Gasteiger charge is -2.29. The summed E-state index contributed by atoms with van der Waals surface area (Å²) >= 11 is 2.07. The Morgan fingerprint density at radius 3 is 1.82 bits per heavy atom. The molecule has 0 N–H and O–H groups in total. The standard InChI is InChI=1S/C7H15NS.C2H6/c1-7(2)8-3-5-9-6-4-8;1-2/h7H,3-6H2,1-2H3;1-2H3. The Morgan fingerprint density at radius 2 is 1.55 bits per heavy atom. The van der Waals surface area contributed by atoms with Crippen molar-refractivity contribution in [3.05, 3.63) is 0 Å². The molecule has 0 saturated carbocycles. The van der Waals surface area contributed by atoms with E-state index in [0.717, 1.165) is 6.04 Å². The van der Waals surface area contributed by atoms with Gasteiger partial charge in [0, 0.05) is 30.6 Å². The van der Waals surface area contributed by atoms with Crippen LogP contribution in [-0.2, 0) is 0 Å². The zero-order valence-electron chi connectivity index (χ0n) is 8.26. The van der Waals surface area contributed by atoms with Crippen LogP contribution in [0.2, 0.25) is 0 Å². The van der Waals surface area contributed by atoms with Gasteiger partial charge in [0.25, 0.3) is 0 Å². The molecule has 0 aromatic rings. The van der Waals surface area contributed by atoms with E-state index in [1.807, 2.05) is 13.8 Å². The lowest BCUT2D eigenvalue weighted by Crippen LogP contribution is -2.37. The minimum absolute atomic E-state index is 0.755. The van der Waals surface area contributed by atoms with Gasteiger partial charge >= 0.3 is 0 Å². The first kappa shape index (κ1) is 11.3. The van der Waals surface area contributed by atoms with Gasteiger partial charge in [-0.15, -0.1) is 0 Å². The van der Waals surface area contributed by atoms with E-state index in [1.54, 1.807) is 0 Å². The van der Waals surface area contributed by atoms with Crippen LogP contribution >= 0.6 is 11.8 Å². The van der Waals surface area contributed by atoms with Crippen LogP contribution in [0.15, 0.2) is 0 Å². The van der Waals surface area contributed by atoms with Crippen LogP contribution in [0.25, 0.3) is 0 Å². The van der Waals surface area contributed by atoms with E-state index < -0.39 is 0 Å². The molecule has 1 rings (SSSR count). The Hall–Kier alpha value is 0.310. The minimum atomic E-state index is 0.755. The van der Waals surface area contributed by atoms with Crippen LogP contribution in [0, 0.1) is 0 Å². The van der Waals surface area contributed by atoms with Gasteiger partial charge < -0.3 is 0 Å². The molecule has 2 heteroatoms. The third kappa shape index (κ3) is 4.70.